The zero-order chi connectivity index (χ0) is 48.8. The number of ether oxygens (including phenoxy) is 4. The third kappa shape index (κ3) is 16.7. The van der Waals surface area contributed by atoms with E-state index in [1.807, 2.05) is 115 Å². The van der Waals surface area contributed by atoms with E-state index in [1.165, 1.54) is 0 Å². The van der Waals surface area contributed by atoms with E-state index in [2.05, 4.69) is 21.3 Å². The van der Waals surface area contributed by atoms with Gasteiger partial charge in [0.25, 0.3) is 0 Å². The fourth-order valence-corrected chi connectivity index (χ4v) is 7.22. The van der Waals surface area contributed by atoms with Gasteiger partial charge in [0.1, 0.15) is 44.3 Å². The minimum Gasteiger partial charge on any atom is -0.489 e. The Hall–Kier alpha value is -8.01. The maximum atomic E-state index is 13.8. The highest BCUT2D eigenvalue weighted by atomic mass is 16.6. The van der Waals surface area contributed by atoms with Crippen molar-refractivity contribution in [2.45, 2.75) is 69.9 Å². The van der Waals surface area contributed by atoms with Crippen molar-refractivity contribution >= 4 is 30.0 Å². The molecule has 6 aromatic rings. The van der Waals surface area contributed by atoms with E-state index in [4.69, 9.17) is 18.9 Å². The van der Waals surface area contributed by atoms with Crippen LogP contribution in [-0.2, 0) is 67.9 Å². The Kier molecular flexibility index (Phi) is 19.3. The van der Waals surface area contributed by atoms with Gasteiger partial charge in [0.15, 0.2) is 0 Å². The van der Waals surface area contributed by atoms with Crippen LogP contribution in [0.25, 0.3) is 11.1 Å². The summed E-state index contributed by atoms with van der Waals surface area (Å²) >= 11 is 0. The first-order valence-electron chi connectivity index (χ1n) is 22.4. The molecular weight excluding hydrogens is 881 g/mol. The average molecular weight is 937 g/mol. The van der Waals surface area contributed by atoms with Crippen molar-refractivity contribution in [3.63, 3.8) is 0 Å². The Balaban J connectivity index is 1.17. The van der Waals surface area contributed by atoms with E-state index >= 15 is 0 Å². The maximum absolute atomic E-state index is 13.8. The van der Waals surface area contributed by atoms with E-state index in [1.54, 1.807) is 55.6 Å². The molecule has 0 heterocycles. The van der Waals surface area contributed by atoms with Crippen LogP contribution >= 0.6 is 0 Å². The fraction of sp³-hybridized carbons (Fsp3) is 0.241. The van der Waals surface area contributed by atoms with Crippen LogP contribution in [0.4, 0.5) is 9.59 Å². The molecule has 0 aliphatic rings. The Morgan fingerprint density at radius 2 is 1.04 bits per heavy atom. The van der Waals surface area contributed by atoms with E-state index in [0.717, 1.165) is 22.3 Å². The normalized spacial score (nSPS) is 12.6. The lowest BCUT2D eigenvalue weighted by atomic mass is 9.95. The summed E-state index contributed by atoms with van der Waals surface area (Å²) in [6, 6.07) is 45.9. The van der Waals surface area contributed by atoms with Crippen LogP contribution in [0, 0.1) is 0 Å². The lowest BCUT2D eigenvalue weighted by molar-refractivity contribution is -0.149. The van der Waals surface area contributed by atoms with Gasteiger partial charge < -0.3 is 50.4 Å². The largest absolute Gasteiger partial charge is 0.489 e. The SMILES string of the molecule is CN[C@@H](C[C@@H](O)CNC(=O)OCc1ccccc1)C(=O)N[C@@H](Cc1cccc(-c2ccc(OCc3ccccc3)c(C[C@H](NC(=O)OCc3ccccc3)C(=O)O)c2)c1)C(=O)OCc1ccccc1. The molecule has 4 atom stereocenters. The number of aliphatic carboxylic acids is 1. The predicted molar refractivity (Wildman–Crippen MR) is 258 cm³/mol. The molecule has 6 rings (SSSR count). The molecule has 0 spiro atoms. The molecule has 0 saturated carbocycles. The Morgan fingerprint density at radius 3 is 1.61 bits per heavy atom. The topological polar surface area (TPSA) is 211 Å². The van der Waals surface area contributed by atoms with Crippen LogP contribution in [-0.4, -0.2) is 78.1 Å². The number of aliphatic hydroxyl groups is 1. The Morgan fingerprint density at radius 1 is 0.522 bits per heavy atom. The number of esters is 1. The van der Waals surface area contributed by atoms with E-state index in [-0.39, 0.29) is 52.2 Å². The molecule has 0 bridgehead atoms. The van der Waals surface area contributed by atoms with Crippen LogP contribution in [0.3, 0.4) is 0 Å². The minimum atomic E-state index is -1.37. The molecular formula is C54H56N4O11. The number of hydrogen-bond donors (Lipinski definition) is 6. The number of rotatable bonds is 24. The highest BCUT2D eigenvalue weighted by molar-refractivity contribution is 5.88. The van der Waals surface area contributed by atoms with Crippen LogP contribution < -0.4 is 26.0 Å². The monoisotopic (exact) mass is 936 g/mol. The van der Waals surface area contributed by atoms with Gasteiger partial charge in [0.05, 0.1) is 12.1 Å². The molecule has 3 amide bonds. The number of carbonyl (C=O) groups is 5. The van der Waals surface area contributed by atoms with Gasteiger partial charge in [-0.15, -0.1) is 0 Å². The smallest absolute Gasteiger partial charge is 0.408 e. The maximum Gasteiger partial charge on any atom is 0.408 e. The third-order valence-electron chi connectivity index (χ3n) is 10.9. The molecule has 69 heavy (non-hydrogen) atoms. The van der Waals surface area contributed by atoms with E-state index < -0.39 is 54.3 Å². The average Bonchev–Trinajstić information content (AvgIpc) is 3.38. The zero-order valence-corrected chi connectivity index (χ0v) is 38.1. The number of carbonyl (C=O) groups excluding carboxylic acids is 4. The lowest BCUT2D eigenvalue weighted by Gasteiger charge is -2.23. The number of carboxylic acids is 1. The first-order valence-corrected chi connectivity index (χ1v) is 22.4. The molecule has 15 heteroatoms. The molecule has 0 aromatic heterocycles. The number of alkyl carbamates (subject to hydrolysis) is 2. The second-order valence-electron chi connectivity index (χ2n) is 16.1. The Bertz CT molecular complexity index is 2580. The van der Waals surface area contributed by atoms with Crippen LogP contribution in [0.1, 0.15) is 39.8 Å². The molecule has 6 N–H and O–H groups in total. The number of amides is 3. The summed E-state index contributed by atoms with van der Waals surface area (Å²) in [5, 5.41) is 31.8. The molecule has 0 unspecified atom stereocenters. The molecule has 0 radical (unpaired) electrons. The Labute approximate surface area is 400 Å². The summed E-state index contributed by atoms with van der Waals surface area (Å²) in [5.41, 5.74) is 5.74. The van der Waals surface area contributed by atoms with Crippen LogP contribution in [0.5, 0.6) is 5.75 Å². The number of aliphatic hydroxyl groups excluding tert-OH is 1. The minimum absolute atomic E-state index is 0.0161. The van der Waals surface area contributed by atoms with Crippen molar-refractivity contribution in [3.8, 4) is 16.9 Å². The van der Waals surface area contributed by atoms with Gasteiger partial charge in [0, 0.05) is 19.4 Å². The van der Waals surface area contributed by atoms with Crippen molar-refractivity contribution in [1.29, 1.82) is 0 Å². The van der Waals surface area contributed by atoms with Gasteiger partial charge in [-0.25, -0.2) is 19.2 Å². The molecule has 358 valence electrons. The second-order valence-corrected chi connectivity index (χ2v) is 16.1. The van der Waals surface area contributed by atoms with Gasteiger partial charge >= 0.3 is 24.1 Å². The zero-order valence-electron chi connectivity index (χ0n) is 38.1. The van der Waals surface area contributed by atoms with Crippen molar-refractivity contribution in [2.75, 3.05) is 13.6 Å². The molecule has 0 aliphatic heterocycles. The summed E-state index contributed by atoms with van der Waals surface area (Å²) < 4.78 is 22.5. The number of likely N-dealkylation sites (N-methyl/N-ethyl adjacent to an activating group) is 1. The van der Waals surface area contributed by atoms with Gasteiger partial charge in [-0.3, -0.25) is 4.79 Å². The van der Waals surface area contributed by atoms with E-state index in [0.29, 0.717) is 28.0 Å². The van der Waals surface area contributed by atoms with Gasteiger partial charge in [-0.1, -0.05) is 152 Å². The number of nitrogens with one attached hydrogen (secondary N) is 4. The molecule has 0 saturated heterocycles. The summed E-state index contributed by atoms with van der Waals surface area (Å²) in [6.45, 7) is -0.0186. The van der Waals surface area contributed by atoms with Crippen molar-refractivity contribution in [3.05, 3.63) is 197 Å². The number of carboxylic acid groups (broad SMARTS) is 1. The molecule has 15 nitrogen and oxygen atoms in total. The first-order chi connectivity index (χ1) is 33.5. The summed E-state index contributed by atoms with van der Waals surface area (Å²) in [6.07, 6.45) is -3.01. The van der Waals surface area contributed by atoms with Crippen molar-refractivity contribution in [2.24, 2.45) is 0 Å². The predicted octanol–water partition coefficient (Wildman–Crippen LogP) is 6.89. The summed E-state index contributed by atoms with van der Waals surface area (Å²) in [4.78, 5) is 65.4. The quantitative estimate of drug-likeness (QED) is 0.0271. The first kappa shape index (κ1) is 50.4. The van der Waals surface area contributed by atoms with Crippen molar-refractivity contribution < 1.29 is 53.1 Å². The molecule has 0 aliphatic carbocycles. The highest BCUT2D eigenvalue weighted by Gasteiger charge is 2.29. The van der Waals surface area contributed by atoms with Crippen molar-refractivity contribution in [1.82, 2.24) is 21.3 Å². The molecule has 0 fully saturated rings. The molecule has 6 aromatic carbocycles. The third-order valence-corrected chi connectivity index (χ3v) is 10.9. The van der Waals surface area contributed by atoms with E-state index in [9.17, 15) is 34.2 Å². The van der Waals surface area contributed by atoms with Gasteiger partial charge in [-0.05, 0) is 70.1 Å². The summed E-state index contributed by atoms with van der Waals surface area (Å²) in [7, 11) is 1.55. The number of hydrogen-bond acceptors (Lipinski definition) is 11. The highest BCUT2D eigenvalue weighted by Crippen LogP contribution is 2.30. The number of benzene rings is 6. The lowest BCUT2D eigenvalue weighted by Crippen LogP contribution is -2.52. The van der Waals surface area contributed by atoms with Crippen LogP contribution in [0.2, 0.25) is 0 Å². The summed E-state index contributed by atoms with van der Waals surface area (Å²) in [5.74, 6) is -2.13. The van der Waals surface area contributed by atoms with Gasteiger partial charge in [0.2, 0.25) is 5.91 Å². The van der Waals surface area contributed by atoms with Crippen LogP contribution in [0.15, 0.2) is 164 Å². The standard InChI is InChI=1S/C54H56N4O11/c1-55-46(31-45(59)32-56-53(64)68-35-39-19-10-4-11-20-39)50(60)57-48(52(63)67-34-38-17-8-3-9-18-38)28-41-23-14-24-42(27-41)43-25-26-49(66-33-37-15-6-2-7-16-37)44(29-43)30-47(51(61)62)58-54(65)69-36-40-21-12-5-13-22-40/h2-27,29,45-48,55,59H,28,30-36H2,1H3,(H,56,64)(H,57,60)(H,58,65)(H,61,62)/t45-,46+,47+,48+/m1/s1. The second kappa shape index (κ2) is 26.4. The fourth-order valence-electron chi connectivity index (χ4n) is 7.22. The van der Waals surface area contributed by atoms with Gasteiger partial charge in [-0.2, -0.15) is 0 Å².